The molecule has 0 fully saturated rings. The largest absolute Gasteiger partial charge is 0.395 e. The third kappa shape index (κ3) is 2.89. The fourth-order valence-electron chi connectivity index (χ4n) is 1.72. The predicted octanol–water partition coefficient (Wildman–Crippen LogP) is 2.97. The van der Waals surface area contributed by atoms with Crippen molar-refractivity contribution in [3.8, 4) is 0 Å². The number of rotatable bonds is 3. The summed E-state index contributed by atoms with van der Waals surface area (Å²) >= 11 is 2.16. The maximum Gasteiger partial charge on any atom is 0.278 e. The lowest BCUT2D eigenvalue weighted by Gasteiger charge is -2.06. The van der Waals surface area contributed by atoms with E-state index in [1.54, 1.807) is 0 Å². The SMILES string of the molecule is CC(C)c1[nH]nc(C(=O)Nc2ccccc2I)c1N. The first-order valence-corrected chi connectivity index (χ1v) is 6.98. The Morgan fingerprint density at radius 1 is 1.42 bits per heavy atom. The number of carbonyl (C=O) groups excluding carboxylic acids is 1. The Hall–Kier alpha value is -1.57. The summed E-state index contributed by atoms with van der Waals surface area (Å²) in [6, 6.07) is 7.54. The Morgan fingerprint density at radius 3 is 2.68 bits per heavy atom. The van der Waals surface area contributed by atoms with Crippen molar-refractivity contribution in [2.75, 3.05) is 11.1 Å². The van der Waals surface area contributed by atoms with E-state index in [0.717, 1.165) is 15.0 Å². The molecule has 100 valence electrons. The number of anilines is 2. The fourth-order valence-corrected chi connectivity index (χ4v) is 2.24. The van der Waals surface area contributed by atoms with Crippen LogP contribution in [0.4, 0.5) is 11.4 Å². The molecule has 0 radical (unpaired) electrons. The van der Waals surface area contributed by atoms with E-state index in [9.17, 15) is 4.79 Å². The number of hydrogen-bond donors (Lipinski definition) is 3. The van der Waals surface area contributed by atoms with Gasteiger partial charge in [-0.3, -0.25) is 9.89 Å². The van der Waals surface area contributed by atoms with Gasteiger partial charge < -0.3 is 11.1 Å². The van der Waals surface area contributed by atoms with Crippen LogP contribution in [0.2, 0.25) is 0 Å². The lowest BCUT2D eigenvalue weighted by molar-refractivity contribution is 0.102. The van der Waals surface area contributed by atoms with Gasteiger partial charge in [-0.05, 0) is 40.6 Å². The van der Waals surface area contributed by atoms with E-state index in [4.69, 9.17) is 5.73 Å². The van der Waals surface area contributed by atoms with Gasteiger partial charge in [0, 0.05) is 3.57 Å². The average molecular weight is 370 g/mol. The molecular formula is C13H15IN4O. The number of nitrogens with one attached hydrogen (secondary N) is 2. The molecule has 4 N–H and O–H groups in total. The molecule has 1 aromatic heterocycles. The van der Waals surface area contributed by atoms with Crippen molar-refractivity contribution in [1.82, 2.24) is 10.2 Å². The van der Waals surface area contributed by atoms with Crippen molar-refractivity contribution in [1.29, 1.82) is 0 Å². The van der Waals surface area contributed by atoms with Gasteiger partial charge in [-0.15, -0.1) is 0 Å². The van der Waals surface area contributed by atoms with E-state index >= 15 is 0 Å². The Kier molecular flexibility index (Phi) is 4.08. The summed E-state index contributed by atoms with van der Waals surface area (Å²) in [5, 5.41) is 9.63. The molecule has 0 aliphatic rings. The standard InChI is InChI=1S/C13H15IN4O/c1-7(2)11-10(15)12(18-17-11)13(19)16-9-6-4-3-5-8(9)14/h3-7H,15H2,1-2H3,(H,16,19)(H,17,18). The van der Waals surface area contributed by atoms with Gasteiger partial charge in [-0.2, -0.15) is 5.10 Å². The molecule has 1 amide bonds. The zero-order valence-electron chi connectivity index (χ0n) is 10.7. The fraction of sp³-hybridized carbons (Fsp3) is 0.231. The van der Waals surface area contributed by atoms with Crippen LogP contribution in [0.1, 0.15) is 35.9 Å². The van der Waals surface area contributed by atoms with Gasteiger partial charge in [-0.25, -0.2) is 0 Å². The second kappa shape index (κ2) is 5.60. The van der Waals surface area contributed by atoms with Gasteiger partial charge in [0.05, 0.1) is 17.1 Å². The number of benzene rings is 1. The number of para-hydroxylation sites is 1. The molecule has 2 aromatic rings. The van der Waals surface area contributed by atoms with Gasteiger partial charge in [0.1, 0.15) is 0 Å². The average Bonchev–Trinajstić information content (AvgIpc) is 2.74. The molecule has 0 saturated carbocycles. The molecule has 19 heavy (non-hydrogen) atoms. The summed E-state index contributed by atoms with van der Waals surface area (Å²) in [7, 11) is 0. The summed E-state index contributed by atoms with van der Waals surface area (Å²) in [6.07, 6.45) is 0. The summed E-state index contributed by atoms with van der Waals surface area (Å²) < 4.78 is 0.964. The molecule has 0 aliphatic heterocycles. The zero-order chi connectivity index (χ0) is 14.0. The van der Waals surface area contributed by atoms with Crippen LogP contribution >= 0.6 is 22.6 Å². The lowest BCUT2D eigenvalue weighted by Crippen LogP contribution is -2.15. The van der Waals surface area contributed by atoms with Gasteiger partial charge >= 0.3 is 0 Å². The molecule has 1 aromatic carbocycles. The number of nitrogen functional groups attached to an aromatic ring is 1. The minimum atomic E-state index is -0.301. The van der Waals surface area contributed by atoms with Gasteiger partial charge in [0.25, 0.3) is 5.91 Å². The minimum absolute atomic E-state index is 0.200. The van der Waals surface area contributed by atoms with Crippen LogP contribution in [-0.2, 0) is 0 Å². The van der Waals surface area contributed by atoms with Crippen LogP contribution in [0.5, 0.6) is 0 Å². The maximum atomic E-state index is 12.1. The van der Waals surface area contributed by atoms with Gasteiger partial charge in [0.2, 0.25) is 0 Å². The number of amides is 1. The second-order valence-corrected chi connectivity index (χ2v) is 5.65. The first kappa shape index (κ1) is 13.9. The van der Waals surface area contributed by atoms with E-state index in [0.29, 0.717) is 5.69 Å². The van der Waals surface area contributed by atoms with E-state index in [1.165, 1.54) is 0 Å². The molecule has 0 bridgehead atoms. The van der Waals surface area contributed by atoms with Crippen molar-refractivity contribution < 1.29 is 4.79 Å². The molecular weight excluding hydrogens is 355 g/mol. The van der Waals surface area contributed by atoms with Crippen LogP contribution in [0.25, 0.3) is 0 Å². The first-order valence-electron chi connectivity index (χ1n) is 5.90. The molecule has 5 nitrogen and oxygen atoms in total. The number of hydrogen-bond acceptors (Lipinski definition) is 3. The molecule has 0 unspecified atom stereocenters. The smallest absolute Gasteiger partial charge is 0.278 e. The van der Waals surface area contributed by atoms with E-state index in [1.807, 2.05) is 38.1 Å². The van der Waals surface area contributed by atoms with Crippen LogP contribution in [0.3, 0.4) is 0 Å². The Labute approximate surface area is 125 Å². The van der Waals surface area contributed by atoms with Crippen molar-refractivity contribution in [2.45, 2.75) is 19.8 Å². The summed E-state index contributed by atoms with van der Waals surface area (Å²) in [6.45, 7) is 3.98. The maximum absolute atomic E-state index is 12.1. The highest BCUT2D eigenvalue weighted by Gasteiger charge is 2.19. The number of H-pyrrole nitrogens is 1. The van der Waals surface area contributed by atoms with Crippen LogP contribution < -0.4 is 11.1 Å². The van der Waals surface area contributed by atoms with Gasteiger partial charge in [-0.1, -0.05) is 26.0 Å². The van der Waals surface area contributed by atoms with Crippen molar-refractivity contribution in [3.05, 3.63) is 39.2 Å². The number of halogens is 1. The summed E-state index contributed by atoms with van der Waals surface area (Å²) in [5.41, 5.74) is 8.13. The van der Waals surface area contributed by atoms with E-state index in [2.05, 4.69) is 38.1 Å². The lowest BCUT2D eigenvalue weighted by atomic mass is 10.1. The number of nitrogens with two attached hydrogens (primary N) is 1. The summed E-state index contributed by atoms with van der Waals surface area (Å²) in [4.78, 5) is 12.1. The molecule has 0 saturated heterocycles. The van der Waals surface area contributed by atoms with Crippen LogP contribution in [0, 0.1) is 3.57 Å². The number of nitrogens with zero attached hydrogens (tertiary/aromatic N) is 1. The van der Waals surface area contributed by atoms with Gasteiger partial charge in [0.15, 0.2) is 5.69 Å². The predicted molar refractivity (Wildman–Crippen MR) is 84.2 cm³/mol. The number of aromatic amines is 1. The van der Waals surface area contributed by atoms with E-state index < -0.39 is 0 Å². The van der Waals surface area contributed by atoms with Crippen molar-refractivity contribution in [3.63, 3.8) is 0 Å². The Balaban J connectivity index is 2.24. The minimum Gasteiger partial charge on any atom is -0.395 e. The second-order valence-electron chi connectivity index (χ2n) is 4.49. The highest BCUT2D eigenvalue weighted by Crippen LogP contribution is 2.23. The molecule has 0 atom stereocenters. The van der Waals surface area contributed by atoms with Crippen LogP contribution in [-0.4, -0.2) is 16.1 Å². The monoisotopic (exact) mass is 370 g/mol. The van der Waals surface area contributed by atoms with Crippen molar-refractivity contribution >= 4 is 39.9 Å². The third-order valence-corrected chi connectivity index (χ3v) is 3.69. The van der Waals surface area contributed by atoms with Crippen LogP contribution in [0.15, 0.2) is 24.3 Å². The summed E-state index contributed by atoms with van der Waals surface area (Å²) in [5.74, 6) is -0.101. The van der Waals surface area contributed by atoms with E-state index in [-0.39, 0.29) is 17.5 Å². The highest BCUT2D eigenvalue weighted by molar-refractivity contribution is 14.1. The molecule has 0 aliphatic carbocycles. The quantitative estimate of drug-likeness (QED) is 0.727. The molecule has 0 spiro atoms. The zero-order valence-corrected chi connectivity index (χ0v) is 12.9. The number of aromatic nitrogens is 2. The third-order valence-electron chi connectivity index (χ3n) is 2.75. The molecule has 1 heterocycles. The number of carbonyl (C=O) groups is 1. The Morgan fingerprint density at radius 2 is 2.11 bits per heavy atom. The highest BCUT2D eigenvalue weighted by atomic mass is 127. The first-order chi connectivity index (χ1) is 9.00. The topological polar surface area (TPSA) is 83.8 Å². The molecule has 2 rings (SSSR count). The Bertz CT molecular complexity index is 606. The molecule has 6 heteroatoms. The van der Waals surface area contributed by atoms with Crippen molar-refractivity contribution in [2.24, 2.45) is 0 Å². The normalized spacial score (nSPS) is 10.7.